The lowest BCUT2D eigenvalue weighted by Crippen LogP contribution is -2.33. The van der Waals surface area contributed by atoms with E-state index in [0.717, 1.165) is 0 Å². The number of thiocarbonyl (C=S) groups is 1. The molecule has 7 heavy (non-hydrogen) atoms. The molecule has 0 aromatic heterocycles. The first kappa shape index (κ1) is 7.23. The normalized spacial score (nSPS) is 9.00. The van der Waals surface area contributed by atoms with Gasteiger partial charge in [-0.3, -0.25) is 5.43 Å². The van der Waals surface area contributed by atoms with Crippen LogP contribution in [0.25, 0.3) is 0 Å². The van der Waals surface area contributed by atoms with Gasteiger partial charge in [0.1, 0.15) is 0 Å². The van der Waals surface area contributed by atoms with Crippen LogP contribution in [0.4, 0.5) is 0 Å². The van der Waals surface area contributed by atoms with E-state index in [1.807, 2.05) is 0 Å². The fourth-order valence-corrected chi connectivity index (χ4v) is 0.457. The molecular weight excluding hydrogens is 157 g/mol. The molecule has 0 radical (unpaired) electrons. The number of hydrazine groups is 1. The summed E-state index contributed by atoms with van der Waals surface area (Å²) in [6.07, 6.45) is 0. The van der Waals surface area contributed by atoms with Crippen LogP contribution in [0.2, 0.25) is 0 Å². The molecule has 0 aliphatic rings. The first-order valence-electron chi connectivity index (χ1n) is 1.30. The third-order valence-electron chi connectivity index (χ3n) is 0.195. The molecule has 0 aromatic carbocycles. The van der Waals surface area contributed by atoms with Crippen LogP contribution in [0, 0.1) is 0 Å². The summed E-state index contributed by atoms with van der Waals surface area (Å²) in [4.78, 5) is 0. The average Bonchev–Trinajstić information content (AvgIpc) is 1.27. The highest BCUT2D eigenvalue weighted by Crippen LogP contribution is 1.89. The number of halogens is 2. The number of nitrogens with one attached hydrogen (secondary N) is 1. The molecule has 0 fully saturated rings. The second-order valence-corrected chi connectivity index (χ2v) is 2.00. The van der Waals surface area contributed by atoms with Gasteiger partial charge in [-0.15, -0.1) is 0 Å². The highest BCUT2D eigenvalue weighted by Gasteiger charge is 1.89. The van der Waals surface area contributed by atoms with Gasteiger partial charge in [0.2, 0.25) is 0 Å². The highest BCUT2D eigenvalue weighted by molar-refractivity contribution is 7.80. The minimum Gasteiger partial charge on any atom is -0.375 e. The van der Waals surface area contributed by atoms with Crippen molar-refractivity contribution in [3.05, 3.63) is 0 Å². The second kappa shape index (κ2) is 3.26. The second-order valence-electron chi connectivity index (χ2n) is 0.709. The highest BCUT2D eigenvalue weighted by atomic mass is 35.5. The Hall–Kier alpha value is 0.230. The number of hydrogen-bond acceptors (Lipinski definition) is 2. The predicted molar refractivity (Wildman–Crippen MR) is 33.5 cm³/mol. The van der Waals surface area contributed by atoms with Gasteiger partial charge in [0.15, 0.2) is 5.11 Å². The van der Waals surface area contributed by atoms with Crippen molar-refractivity contribution in [3.63, 3.8) is 0 Å². The standard InChI is InChI=1S/CH3Cl2N3S/c2-6(3)5-1(4)7/h(H3,4,5,7). The van der Waals surface area contributed by atoms with Crippen LogP contribution < -0.4 is 11.2 Å². The lowest BCUT2D eigenvalue weighted by molar-refractivity contribution is 0.653. The van der Waals surface area contributed by atoms with E-state index < -0.39 is 0 Å². The summed E-state index contributed by atoms with van der Waals surface area (Å²) < 4.78 is 0.627. The van der Waals surface area contributed by atoms with Gasteiger partial charge in [-0.1, -0.05) is 0 Å². The zero-order chi connectivity index (χ0) is 5.86. The van der Waals surface area contributed by atoms with E-state index in [1.54, 1.807) is 0 Å². The number of rotatable bonds is 1. The maximum atomic E-state index is 4.99. The Labute approximate surface area is 56.5 Å². The van der Waals surface area contributed by atoms with Crippen LogP contribution in [0.5, 0.6) is 0 Å². The first-order valence-corrected chi connectivity index (χ1v) is 2.39. The van der Waals surface area contributed by atoms with Gasteiger partial charge in [-0.05, 0) is 16.3 Å². The summed E-state index contributed by atoms with van der Waals surface area (Å²) in [7, 11) is 0. The van der Waals surface area contributed by atoms with Gasteiger partial charge in [-0.25, -0.2) is 0 Å². The van der Waals surface area contributed by atoms with Crippen LogP contribution in [0.3, 0.4) is 0 Å². The van der Waals surface area contributed by atoms with Crippen molar-refractivity contribution in [1.29, 1.82) is 0 Å². The van der Waals surface area contributed by atoms with E-state index in [4.69, 9.17) is 29.3 Å². The lowest BCUT2D eigenvalue weighted by atomic mass is 11.2. The molecule has 0 spiro atoms. The zero-order valence-corrected chi connectivity index (χ0v) is 5.52. The number of hydrogen-bond donors (Lipinski definition) is 2. The van der Waals surface area contributed by atoms with Crippen molar-refractivity contribution in [3.8, 4) is 0 Å². The third-order valence-corrected chi connectivity index (χ3v) is 0.455. The molecule has 0 aromatic rings. The molecule has 0 saturated heterocycles. The van der Waals surface area contributed by atoms with Gasteiger partial charge in [0.25, 0.3) is 0 Å². The first-order chi connectivity index (χ1) is 3.13. The molecule has 3 N–H and O–H groups in total. The fraction of sp³-hybridized carbons (Fsp3) is 0. The number of nitrogens with zero attached hydrogens (tertiary/aromatic N) is 1. The largest absolute Gasteiger partial charge is 0.375 e. The Balaban J connectivity index is 3.13. The quantitative estimate of drug-likeness (QED) is 0.329. The van der Waals surface area contributed by atoms with Gasteiger partial charge < -0.3 is 5.73 Å². The SMILES string of the molecule is NC(=S)NN(Cl)Cl. The molecule has 0 bridgehead atoms. The van der Waals surface area contributed by atoms with E-state index in [0.29, 0.717) is 4.05 Å². The average molecular weight is 160 g/mol. The molecule has 6 heteroatoms. The predicted octanol–water partition coefficient (Wildman–Crippen LogP) is 0.344. The zero-order valence-electron chi connectivity index (χ0n) is 3.19. The van der Waals surface area contributed by atoms with Gasteiger partial charge >= 0.3 is 0 Å². The van der Waals surface area contributed by atoms with E-state index >= 15 is 0 Å². The van der Waals surface area contributed by atoms with Gasteiger partial charge in [0, 0.05) is 23.6 Å². The van der Waals surface area contributed by atoms with Crippen molar-refractivity contribution in [1.82, 2.24) is 9.47 Å². The van der Waals surface area contributed by atoms with Crippen LogP contribution in [-0.2, 0) is 0 Å². The van der Waals surface area contributed by atoms with Crippen molar-refractivity contribution >= 4 is 40.9 Å². The van der Waals surface area contributed by atoms with E-state index in [2.05, 4.69) is 17.6 Å². The maximum Gasteiger partial charge on any atom is 0.180 e. The van der Waals surface area contributed by atoms with Crippen LogP contribution >= 0.6 is 35.8 Å². The Morgan fingerprint density at radius 1 is 1.71 bits per heavy atom. The minimum absolute atomic E-state index is 0.0324. The molecule has 42 valence electrons. The van der Waals surface area contributed by atoms with Gasteiger partial charge in [0.05, 0.1) is 0 Å². The van der Waals surface area contributed by atoms with Gasteiger partial charge in [-0.2, -0.15) is 0 Å². The Morgan fingerprint density at radius 3 is 2.14 bits per heavy atom. The molecule has 0 heterocycles. The Morgan fingerprint density at radius 2 is 2.14 bits per heavy atom. The summed E-state index contributed by atoms with van der Waals surface area (Å²) >= 11 is 14.3. The molecule has 0 aliphatic carbocycles. The molecular formula is CH3Cl2N3S. The van der Waals surface area contributed by atoms with Crippen LogP contribution in [0.15, 0.2) is 0 Å². The molecule has 0 unspecified atom stereocenters. The molecule has 3 nitrogen and oxygen atoms in total. The van der Waals surface area contributed by atoms with Crippen LogP contribution in [0.1, 0.15) is 0 Å². The van der Waals surface area contributed by atoms with Crippen LogP contribution in [-0.4, -0.2) is 9.16 Å². The Bertz CT molecular complexity index is 73.3. The molecule has 0 saturated carbocycles. The van der Waals surface area contributed by atoms with Crippen molar-refractivity contribution < 1.29 is 0 Å². The topological polar surface area (TPSA) is 41.3 Å². The third kappa shape index (κ3) is 6.23. The summed E-state index contributed by atoms with van der Waals surface area (Å²) in [5, 5.41) is 0.0324. The summed E-state index contributed by atoms with van der Waals surface area (Å²) in [5.41, 5.74) is 7.08. The molecule has 0 rings (SSSR count). The maximum absolute atomic E-state index is 4.99. The fourth-order valence-electron chi connectivity index (χ4n) is 0.0833. The molecule has 0 amide bonds. The van der Waals surface area contributed by atoms with Crippen molar-refractivity contribution in [2.24, 2.45) is 5.73 Å². The van der Waals surface area contributed by atoms with E-state index in [9.17, 15) is 0 Å². The van der Waals surface area contributed by atoms with Crippen molar-refractivity contribution in [2.45, 2.75) is 0 Å². The molecule has 0 atom stereocenters. The summed E-state index contributed by atoms with van der Waals surface area (Å²) in [6, 6.07) is 0. The van der Waals surface area contributed by atoms with E-state index in [1.165, 1.54) is 0 Å². The van der Waals surface area contributed by atoms with E-state index in [-0.39, 0.29) is 5.11 Å². The Kier molecular flexibility index (Phi) is 3.37. The summed E-state index contributed by atoms with van der Waals surface area (Å²) in [5.74, 6) is 0. The summed E-state index contributed by atoms with van der Waals surface area (Å²) in [6.45, 7) is 0. The van der Waals surface area contributed by atoms with Crippen molar-refractivity contribution in [2.75, 3.05) is 0 Å². The monoisotopic (exact) mass is 159 g/mol. The molecule has 0 aliphatic heterocycles. The number of nitrogens with two attached hydrogens (primary N) is 1. The lowest BCUT2D eigenvalue weighted by Gasteiger charge is -2.02. The minimum atomic E-state index is 0.0324. The smallest absolute Gasteiger partial charge is 0.180 e.